The molecule has 0 aromatic heterocycles. The van der Waals surface area contributed by atoms with Gasteiger partial charge in [0.2, 0.25) is 0 Å². The summed E-state index contributed by atoms with van der Waals surface area (Å²) in [5.41, 5.74) is 0. The van der Waals surface area contributed by atoms with Crippen LogP contribution in [0, 0.1) is 0 Å². The smallest absolute Gasteiger partial charge is 0.192 e. The number of hydrogen-bond donors (Lipinski definition) is 0. The minimum absolute atomic E-state index is 0. The molecule has 13 heteroatoms. The van der Waals surface area contributed by atoms with E-state index in [2.05, 4.69) is 0 Å². The molecule has 0 atom stereocenters. The number of alkyl halides is 12. The maximum absolute atomic E-state index is 12.0. The van der Waals surface area contributed by atoms with Gasteiger partial charge in [-0.05, 0) is 0 Å². The first-order valence-corrected chi connectivity index (χ1v) is 3.27. The molecule has 1 radical (unpaired) electrons. The quantitative estimate of drug-likeness (QED) is 0.537. The van der Waals surface area contributed by atoms with E-state index < -0.39 is 30.1 Å². The van der Waals surface area contributed by atoms with Crippen LogP contribution in [0.3, 0.4) is 0 Å². The standard InChI is InChI=1S/C5F12.K/c6-1(7,2(8,9)4(12,13)14)3(10,11)5(15,16)17;. The van der Waals surface area contributed by atoms with Gasteiger partial charge in [-0.15, -0.1) is 0 Å². The molecule has 0 rings (SSSR count). The first kappa shape index (κ1) is 21.1. The van der Waals surface area contributed by atoms with Crippen LogP contribution in [0.2, 0.25) is 0 Å². The molecule has 0 spiro atoms. The fourth-order valence-electron chi connectivity index (χ4n) is 0.553. The van der Waals surface area contributed by atoms with Crippen LogP contribution in [0.1, 0.15) is 0 Å². The SMILES string of the molecule is FC(F)(F)C(F)(F)C(F)(F)C(F)(F)C(F)(F)F.[K]. The Labute approximate surface area is 133 Å². The van der Waals surface area contributed by atoms with Crippen molar-refractivity contribution in [1.29, 1.82) is 0 Å². The van der Waals surface area contributed by atoms with Crippen molar-refractivity contribution in [3.05, 3.63) is 0 Å². The summed E-state index contributed by atoms with van der Waals surface area (Å²) in [4.78, 5) is 0. The second-order valence-electron chi connectivity index (χ2n) is 2.72. The Morgan fingerprint density at radius 3 is 0.611 bits per heavy atom. The molecular weight excluding hydrogens is 327 g/mol. The Morgan fingerprint density at radius 1 is 0.333 bits per heavy atom. The molecule has 0 fully saturated rings. The van der Waals surface area contributed by atoms with E-state index >= 15 is 0 Å². The zero-order chi connectivity index (χ0) is 14.5. The molecule has 0 N–H and O–H groups in total. The van der Waals surface area contributed by atoms with Crippen LogP contribution in [0.4, 0.5) is 52.7 Å². The van der Waals surface area contributed by atoms with Crippen LogP contribution in [-0.2, 0) is 0 Å². The fraction of sp³-hybridized carbons (Fsp3) is 1.00. The summed E-state index contributed by atoms with van der Waals surface area (Å²) in [6.45, 7) is 0. The minimum atomic E-state index is -7.66. The normalized spacial score (nSPS) is 15.3. The van der Waals surface area contributed by atoms with Gasteiger partial charge < -0.3 is 0 Å². The Hall–Kier alpha value is 0.796. The summed E-state index contributed by atoms with van der Waals surface area (Å²) < 4.78 is 139. The maximum Gasteiger partial charge on any atom is 0.460 e. The van der Waals surface area contributed by atoms with Gasteiger partial charge in [0.05, 0.1) is 0 Å². The van der Waals surface area contributed by atoms with E-state index in [0.29, 0.717) is 0 Å². The molecule has 0 amide bonds. The molecule has 0 heterocycles. The summed E-state index contributed by atoms with van der Waals surface area (Å²) in [5, 5.41) is 0. The fourth-order valence-corrected chi connectivity index (χ4v) is 0.553. The van der Waals surface area contributed by atoms with Crippen molar-refractivity contribution in [3.63, 3.8) is 0 Å². The molecule has 0 aromatic carbocycles. The van der Waals surface area contributed by atoms with Crippen molar-refractivity contribution in [2.75, 3.05) is 0 Å². The van der Waals surface area contributed by atoms with E-state index in [4.69, 9.17) is 0 Å². The molecule has 0 bridgehead atoms. The average molecular weight is 327 g/mol. The third-order valence-corrected chi connectivity index (χ3v) is 1.50. The average Bonchev–Trinajstić information content (AvgIpc) is 1.98. The van der Waals surface area contributed by atoms with Gasteiger partial charge in [-0.1, -0.05) is 0 Å². The molecule has 0 saturated carbocycles. The number of halogens is 12. The van der Waals surface area contributed by atoms with Gasteiger partial charge in [-0.3, -0.25) is 0 Å². The molecule has 0 aliphatic rings. The van der Waals surface area contributed by atoms with Crippen molar-refractivity contribution in [1.82, 2.24) is 0 Å². The van der Waals surface area contributed by atoms with E-state index in [9.17, 15) is 52.7 Å². The van der Waals surface area contributed by atoms with Crippen molar-refractivity contribution >= 4 is 51.4 Å². The predicted molar refractivity (Wildman–Crippen MR) is 32.7 cm³/mol. The number of hydrogen-bond acceptors (Lipinski definition) is 0. The largest absolute Gasteiger partial charge is 0.460 e. The van der Waals surface area contributed by atoms with E-state index in [1.807, 2.05) is 0 Å². The Kier molecular flexibility index (Phi) is 6.21. The van der Waals surface area contributed by atoms with Crippen LogP contribution in [0.15, 0.2) is 0 Å². The van der Waals surface area contributed by atoms with Gasteiger partial charge in [0.15, 0.2) is 0 Å². The minimum Gasteiger partial charge on any atom is -0.192 e. The molecule has 0 aliphatic heterocycles. The Morgan fingerprint density at radius 2 is 0.500 bits per heavy atom. The van der Waals surface area contributed by atoms with Crippen molar-refractivity contribution in [2.24, 2.45) is 0 Å². The summed E-state index contributed by atoms with van der Waals surface area (Å²) in [7, 11) is 0. The van der Waals surface area contributed by atoms with Crippen LogP contribution in [0.25, 0.3) is 0 Å². The zero-order valence-electron chi connectivity index (χ0n) is 8.04. The van der Waals surface area contributed by atoms with Crippen molar-refractivity contribution in [3.8, 4) is 0 Å². The molecule has 18 heavy (non-hydrogen) atoms. The van der Waals surface area contributed by atoms with Crippen LogP contribution >= 0.6 is 0 Å². The topological polar surface area (TPSA) is 0 Å². The van der Waals surface area contributed by atoms with Crippen LogP contribution in [0.5, 0.6) is 0 Å². The maximum atomic E-state index is 12.0. The first-order valence-electron chi connectivity index (χ1n) is 3.27. The molecule has 105 valence electrons. The van der Waals surface area contributed by atoms with Gasteiger partial charge in [-0.25, -0.2) is 0 Å². The molecule has 0 aromatic rings. The number of rotatable bonds is 2. The second-order valence-corrected chi connectivity index (χ2v) is 2.72. The van der Waals surface area contributed by atoms with Gasteiger partial charge in [-0.2, -0.15) is 52.7 Å². The second kappa shape index (κ2) is 5.29. The molecule has 0 saturated heterocycles. The summed E-state index contributed by atoms with van der Waals surface area (Å²) in [5.74, 6) is -22.7. The molecule has 0 unspecified atom stereocenters. The Bertz CT molecular complexity index is 256. The van der Waals surface area contributed by atoms with Gasteiger partial charge in [0, 0.05) is 51.4 Å². The monoisotopic (exact) mass is 327 g/mol. The molecule has 0 aliphatic carbocycles. The summed E-state index contributed by atoms with van der Waals surface area (Å²) >= 11 is 0. The Balaban J connectivity index is 0. The third-order valence-electron chi connectivity index (χ3n) is 1.50. The molecular formula is C5F12K. The predicted octanol–water partition coefficient (Wildman–Crippen LogP) is 3.64. The summed E-state index contributed by atoms with van der Waals surface area (Å²) in [6.07, 6.45) is -14.5. The van der Waals surface area contributed by atoms with Gasteiger partial charge in [0.1, 0.15) is 0 Å². The van der Waals surface area contributed by atoms with Crippen LogP contribution < -0.4 is 0 Å². The van der Waals surface area contributed by atoms with E-state index in [0.717, 1.165) is 0 Å². The van der Waals surface area contributed by atoms with E-state index in [1.54, 1.807) is 0 Å². The van der Waals surface area contributed by atoms with Gasteiger partial charge in [0.25, 0.3) is 0 Å². The third kappa shape index (κ3) is 3.10. The summed E-state index contributed by atoms with van der Waals surface area (Å²) in [6, 6.07) is 0. The van der Waals surface area contributed by atoms with Crippen molar-refractivity contribution < 1.29 is 52.7 Å². The van der Waals surface area contributed by atoms with Gasteiger partial charge >= 0.3 is 30.1 Å². The molecule has 0 nitrogen and oxygen atoms in total. The van der Waals surface area contributed by atoms with Crippen molar-refractivity contribution in [2.45, 2.75) is 30.1 Å². The van der Waals surface area contributed by atoms with Crippen LogP contribution in [-0.4, -0.2) is 81.5 Å². The van der Waals surface area contributed by atoms with E-state index in [-0.39, 0.29) is 51.4 Å². The first-order chi connectivity index (χ1) is 7.00. The zero-order valence-corrected chi connectivity index (χ0v) is 11.2. The van der Waals surface area contributed by atoms with E-state index in [1.165, 1.54) is 0 Å².